The fourth-order valence-corrected chi connectivity index (χ4v) is 8.77. The maximum atomic E-state index is 13.9. The van der Waals surface area contributed by atoms with Crippen LogP contribution >= 0.6 is 0 Å². The Bertz CT molecular complexity index is 1020. The van der Waals surface area contributed by atoms with Crippen LogP contribution in [0.5, 0.6) is 0 Å². The van der Waals surface area contributed by atoms with E-state index < -0.39 is 35.8 Å². The zero-order chi connectivity index (χ0) is 25.3. The van der Waals surface area contributed by atoms with Crippen molar-refractivity contribution in [3.8, 4) is 0 Å². The van der Waals surface area contributed by atoms with Crippen LogP contribution in [-0.2, 0) is 19.3 Å². The van der Waals surface area contributed by atoms with Gasteiger partial charge in [0.1, 0.15) is 11.8 Å². The zero-order valence-electron chi connectivity index (χ0n) is 21.8. The number of hydrogen-bond acceptors (Lipinski definition) is 5. The lowest BCUT2D eigenvalue weighted by atomic mass is 9.93. The molecule has 0 N–H and O–H groups in total. The normalized spacial score (nSPS) is 22.7. The van der Waals surface area contributed by atoms with Crippen molar-refractivity contribution < 1.29 is 22.7 Å². The summed E-state index contributed by atoms with van der Waals surface area (Å²) < 4.78 is 39.9. The van der Waals surface area contributed by atoms with Gasteiger partial charge in [-0.3, -0.25) is 0 Å². The monoisotopic (exact) mass is 507 g/mol. The van der Waals surface area contributed by atoms with E-state index in [4.69, 9.17) is 9.47 Å². The standard InChI is InChI=1S/C26H41NO5SSi/c1-8-9-10-11-16-31-24-20(18-34(5,6)7)17-22(23-26(3,4)32-25(28)27(23)24)33(29,30)21-14-12-19(2)13-15-21/h12-15,20,24H,8-11,16-18H2,1-7H3/t20-,24+/m0/s1. The Hall–Kier alpha value is -1.64. The van der Waals surface area contributed by atoms with Crippen LogP contribution < -0.4 is 0 Å². The predicted molar refractivity (Wildman–Crippen MR) is 138 cm³/mol. The summed E-state index contributed by atoms with van der Waals surface area (Å²) in [5.41, 5.74) is 0.385. The van der Waals surface area contributed by atoms with Gasteiger partial charge in [0.2, 0.25) is 9.84 Å². The first-order valence-electron chi connectivity index (χ1n) is 12.5. The SMILES string of the molecule is CCCCCCO[C@@H]1[C@H](C[Si](C)(C)C)CC(S(=O)(=O)c2ccc(C)cc2)=C2N1C(=O)OC2(C)C. The van der Waals surface area contributed by atoms with E-state index in [9.17, 15) is 13.2 Å². The molecular formula is C26H41NO5SSi. The van der Waals surface area contributed by atoms with Gasteiger partial charge in [0.25, 0.3) is 0 Å². The van der Waals surface area contributed by atoms with E-state index in [0.29, 0.717) is 23.6 Å². The number of rotatable bonds is 10. The van der Waals surface area contributed by atoms with Crippen LogP contribution in [0.15, 0.2) is 39.8 Å². The smallest absolute Gasteiger partial charge is 0.417 e. The van der Waals surface area contributed by atoms with Crippen molar-refractivity contribution in [2.75, 3.05) is 6.61 Å². The van der Waals surface area contributed by atoms with Crippen molar-refractivity contribution in [2.24, 2.45) is 5.92 Å². The molecular weight excluding hydrogens is 466 g/mol. The van der Waals surface area contributed by atoms with Crippen molar-refractivity contribution in [3.63, 3.8) is 0 Å². The summed E-state index contributed by atoms with van der Waals surface area (Å²) in [7, 11) is -5.41. The van der Waals surface area contributed by atoms with Crippen LogP contribution in [0.1, 0.15) is 58.4 Å². The summed E-state index contributed by atoms with van der Waals surface area (Å²) in [4.78, 5) is 15.2. The quantitative estimate of drug-likeness (QED) is 0.267. The minimum absolute atomic E-state index is 0.0988. The highest BCUT2D eigenvalue weighted by Gasteiger charge is 2.55. The molecule has 2 atom stereocenters. The molecule has 2 heterocycles. The molecule has 8 heteroatoms. The summed E-state index contributed by atoms with van der Waals surface area (Å²) in [6.45, 7) is 15.0. The van der Waals surface area contributed by atoms with Gasteiger partial charge in [-0.25, -0.2) is 18.1 Å². The number of hydrogen-bond donors (Lipinski definition) is 0. The van der Waals surface area contributed by atoms with Gasteiger partial charge in [-0.05, 0) is 45.7 Å². The Morgan fingerprint density at radius 2 is 1.76 bits per heavy atom. The van der Waals surface area contributed by atoms with Crippen LogP contribution in [0, 0.1) is 12.8 Å². The number of carbonyl (C=O) groups is 1. The number of sulfone groups is 1. The van der Waals surface area contributed by atoms with E-state index in [1.54, 1.807) is 26.0 Å². The molecule has 1 aromatic carbocycles. The van der Waals surface area contributed by atoms with Crippen molar-refractivity contribution >= 4 is 24.0 Å². The molecule has 2 aliphatic heterocycles. The lowest BCUT2D eigenvalue weighted by Gasteiger charge is -2.41. The van der Waals surface area contributed by atoms with Crippen LogP contribution in [0.3, 0.4) is 0 Å². The summed E-state index contributed by atoms with van der Waals surface area (Å²) in [6.07, 6.45) is 3.62. The highest BCUT2D eigenvalue weighted by molar-refractivity contribution is 7.95. The van der Waals surface area contributed by atoms with E-state index in [1.807, 2.05) is 19.1 Å². The van der Waals surface area contributed by atoms with Crippen LogP contribution in [0.4, 0.5) is 4.79 Å². The fourth-order valence-electron chi connectivity index (χ4n) is 5.04. The Labute approximate surface area is 206 Å². The van der Waals surface area contributed by atoms with Gasteiger partial charge in [0.05, 0.1) is 15.5 Å². The van der Waals surface area contributed by atoms with Crippen LogP contribution in [-0.4, -0.2) is 45.9 Å². The van der Waals surface area contributed by atoms with Gasteiger partial charge in [-0.2, -0.15) is 0 Å². The van der Waals surface area contributed by atoms with Gasteiger partial charge in [0, 0.05) is 20.6 Å². The molecule has 0 aromatic heterocycles. The molecule has 0 spiro atoms. The number of ether oxygens (including phenoxy) is 2. The molecule has 34 heavy (non-hydrogen) atoms. The highest BCUT2D eigenvalue weighted by atomic mass is 32.2. The number of amides is 1. The van der Waals surface area contributed by atoms with Gasteiger partial charge in [0.15, 0.2) is 0 Å². The van der Waals surface area contributed by atoms with Crippen molar-refractivity contribution in [1.82, 2.24) is 4.90 Å². The summed E-state index contributed by atoms with van der Waals surface area (Å²) in [5, 5.41) is 0. The Balaban J connectivity index is 2.08. The maximum absolute atomic E-state index is 13.9. The van der Waals surface area contributed by atoms with E-state index in [0.717, 1.165) is 37.3 Å². The lowest BCUT2D eigenvalue weighted by molar-refractivity contribution is -0.0621. The van der Waals surface area contributed by atoms with Gasteiger partial charge in [-0.15, -0.1) is 0 Å². The molecule has 1 aromatic rings. The average Bonchev–Trinajstić information content (AvgIpc) is 2.96. The lowest BCUT2D eigenvalue weighted by Crippen LogP contribution is -2.49. The second-order valence-electron chi connectivity index (χ2n) is 11.4. The number of cyclic esters (lactones) is 1. The number of allylic oxidation sites excluding steroid dienone is 1. The molecule has 190 valence electrons. The molecule has 0 bridgehead atoms. The molecule has 1 saturated heterocycles. The summed E-state index contributed by atoms with van der Waals surface area (Å²) in [5.74, 6) is -0.0988. The van der Waals surface area contributed by atoms with Gasteiger partial charge < -0.3 is 9.47 Å². The third-order valence-corrected chi connectivity index (χ3v) is 10.2. The first-order valence-corrected chi connectivity index (χ1v) is 17.7. The third kappa shape index (κ3) is 5.77. The second kappa shape index (κ2) is 10.2. The second-order valence-corrected chi connectivity index (χ2v) is 18.9. The highest BCUT2D eigenvalue weighted by Crippen LogP contribution is 2.48. The van der Waals surface area contributed by atoms with Gasteiger partial charge >= 0.3 is 6.09 Å². The molecule has 2 aliphatic rings. The molecule has 0 saturated carbocycles. The fraction of sp³-hybridized carbons (Fsp3) is 0.654. The minimum atomic E-state index is -3.81. The topological polar surface area (TPSA) is 72.9 Å². The molecule has 0 unspecified atom stereocenters. The number of fused-ring (bicyclic) bond motifs is 1. The van der Waals surface area contributed by atoms with E-state index in [-0.39, 0.29) is 10.8 Å². The van der Waals surface area contributed by atoms with E-state index in [1.165, 1.54) is 4.90 Å². The number of aryl methyl sites for hydroxylation is 1. The molecule has 0 radical (unpaired) electrons. The number of nitrogens with zero attached hydrogens (tertiary/aromatic N) is 1. The third-order valence-electron chi connectivity index (χ3n) is 6.54. The molecule has 6 nitrogen and oxygen atoms in total. The maximum Gasteiger partial charge on any atom is 0.417 e. The van der Waals surface area contributed by atoms with Crippen molar-refractivity contribution in [1.29, 1.82) is 0 Å². The predicted octanol–water partition coefficient (Wildman–Crippen LogP) is 6.49. The molecule has 0 aliphatic carbocycles. The van der Waals surface area contributed by atoms with Crippen molar-refractivity contribution in [3.05, 3.63) is 40.4 Å². The summed E-state index contributed by atoms with van der Waals surface area (Å²) >= 11 is 0. The van der Waals surface area contributed by atoms with E-state index >= 15 is 0 Å². The first kappa shape index (κ1) is 27.0. The molecule has 1 fully saturated rings. The van der Waals surface area contributed by atoms with Crippen LogP contribution in [0.25, 0.3) is 0 Å². The minimum Gasteiger partial charge on any atom is -0.437 e. The Morgan fingerprint density at radius 1 is 1.12 bits per heavy atom. The number of benzene rings is 1. The molecule has 1 amide bonds. The zero-order valence-corrected chi connectivity index (χ0v) is 23.6. The van der Waals surface area contributed by atoms with Crippen molar-refractivity contribution in [2.45, 2.75) is 102 Å². The Morgan fingerprint density at radius 3 is 2.35 bits per heavy atom. The Kier molecular flexibility index (Phi) is 8.05. The first-order chi connectivity index (χ1) is 15.8. The average molecular weight is 508 g/mol. The largest absolute Gasteiger partial charge is 0.437 e. The van der Waals surface area contributed by atoms with E-state index in [2.05, 4.69) is 26.6 Å². The molecule has 3 rings (SSSR count). The number of unbranched alkanes of at least 4 members (excludes halogenated alkanes) is 3. The summed E-state index contributed by atoms with van der Waals surface area (Å²) in [6, 6.07) is 7.77. The number of carbonyl (C=O) groups excluding carboxylic acids is 1. The van der Waals surface area contributed by atoms with Gasteiger partial charge in [-0.1, -0.05) is 69.6 Å². The van der Waals surface area contributed by atoms with Crippen LogP contribution in [0.2, 0.25) is 25.7 Å².